The van der Waals surface area contributed by atoms with Crippen molar-refractivity contribution in [2.45, 2.75) is 13.3 Å². The number of carbonyl (C=O) groups is 2. The number of nitrogen functional groups attached to an aromatic ring is 1. The van der Waals surface area contributed by atoms with Crippen molar-refractivity contribution in [3.8, 4) is 5.75 Å². The fourth-order valence-electron chi connectivity index (χ4n) is 1.29. The number of ether oxygens (including phenoxy) is 1. The van der Waals surface area contributed by atoms with Gasteiger partial charge in [-0.3, -0.25) is 9.59 Å². The topological polar surface area (TPSA) is 102 Å². The van der Waals surface area contributed by atoms with E-state index in [9.17, 15) is 9.59 Å². The van der Waals surface area contributed by atoms with Gasteiger partial charge in [-0.25, -0.2) is 0 Å². The van der Waals surface area contributed by atoms with Gasteiger partial charge in [0.2, 0.25) is 0 Å². The Morgan fingerprint density at radius 1 is 1.44 bits per heavy atom. The average molecular weight is 252 g/mol. The van der Waals surface area contributed by atoms with Crippen molar-refractivity contribution in [3.05, 3.63) is 23.8 Å². The second-order valence-corrected chi connectivity index (χ2v) is 3.68. The van der Waals surface area contributed by atoms with Crippen molar-refractivity contribution in [2.75, 3.05) is 18.9 Å². The third kappa shape index (κ3) is 3.97. The molecule has 0 heterocycles. The predicted molar refractivity (Wildman–Crippen MR) is 66.6 cm³/mol. The second kappa shape index (κ2) is 6.48. The molecule has 0 aromatic heterocycles. The minimum Gasteiger partial charge on any atom is -0.491 e. The Hall–Kier alpha value is -2.24. The fraction of sp³-hybridized carbons (Fsp3) is 0.333. The van der Waals surface area contributed by atoms with E-state index in [-0.39, 0.29) is 0 Å². The van der Waals surface area contributed by atoms with Crippen LogP contribution in [0.15, 0.2) is 18.2 Å². The van der Waals surface area contributed by atoms with E-state index in [4.69, 9.17) is 15.6 Å². The summed E-state index contributed by atoms with van der Waals surface area (Å²) >= 11 is 0. The van der Waals surface area contributed by atoms with E-state index < -0.39 is 18.4 Å². The van der Waals surface area contributed by atoms with Crippen molar-refractivity contribution >= 4 is 17.6 Å². The normalized spacial score (nSPS) is 9.83. The van der Waals surface area contributed by atoms with Crippen LogP contribution in [0.1, 0.15) is 23.7 Å². The second-order valence-electron chi connectivity index (χ2n) is 3.68. The molecule has 98 valence electrons. The molecule has 18 heavy (non-hydrogen) atoms. The first-order valence-electron chi connectivity index (χ1n) is 5.57. The maximum Gasteiger partial charge on any atom is 0.322 e. The number of carboxylic acid groups (broad SMARTS) is 1. The zero-order valence-corrected chi connectivity index (χ0v) is 10.1. The van der Waals surface area contributed by atoms with Gasteiger partial charge in [-0.2, -0.15) is 0 Å². The van der Waals surface area contributed by atoms with Crippen molar-refractivity contribution in [2.24, 2.45) is 0 Å². The number of nitrogens with one attached hydrogen (secondary N) is 1. The molecule has 6 nitrogen and oxygen atoms in total. The summed E-state index contributed by atoms with van der Waals surface area (Å²) in [5.41, 5.74) is 6.39. The summed E-state index contributed by atoms with van der Waals surface area (Å²) in [6.07, 6.45) is 0.861. The maximum absolute atomic E-state index is 11.6. The molecule has 0 fully saturated rings. The van der Waals surface area contributed by atoms with Gasteiger partial charge in [-0.05, 0) is 24.6 Å². The minimum atomic E-state index is -1.10. The number of carboxylic acids is 1. The van der Waals surface area contributed by atoms with E-state index in [1.807, 2.05) is 6.92 Å². The van der Waals surface area contributed by atoms with E-state index in [2.05, 4.69) is 5.32 Å². The van der Waals surface area contributed by atoms with E-state index in [1.165, 1.54) is 6.07 Å². The minimum absolute atomic E-state index is 0.303. The highest BCUT2D eigenvalue weighted by Gasteiger charge is 2.09. The number of hydrogen-bond donors (Lipinski definition) is 3. The molecule has 0 radical (unpaired) electrons. The molecular weight excluding hydrogens is 236 g/mol. The molecular formula is C12H16N2O4. The van der Waals surface area contributed by atoms with Gasteiger partial charge in [0, 0.05) is 5.56 Å². The van der Waals surface area contributed by atoms with E-state index in [0.717, 1.165) is 6.42 Å². The van der Waals surface area contributed by atoms with Crippen molar-refractivity contribution in [3.63, 3.8) is 0 Å². The van der Waals surface area contributed by atoms with Gasteiger partial charge in [0.25, 0.3) is 5.91 Å². The highest BCUT2D eigenvalue weighted by molar-refractivity contribution is 5.96. The molecule has 0 atom stereocenters. The van der Waals surface area contributed by atoms with Crippen molar-refractivity contribution in [1.29, 1.82) is 0 Å². The fourth-order valence-corrected chi connectivity index (χ4v) is 1.29. The molecule has 1 rings (SSSR count). The summed E-state index contributed by atoms with van der Waals surface area (Å²) in [5, 5.41) is 10.7. The first-order chi connectivity index (χ1) is 8.54. The van der Waals surface area contributed by atoms with E-state index in [0.29, 0.717) is 23.6 Å². The first kappa shape index (κ1) is 13.8. The molecule has 0 spiro atoms. The zero-order valence-electron chi connectivity index (χ0n) is 10.1. The number of aliphatic carboxylic acids is 1. The smallest absolute Gasteiger partial charge is 0.322 e. The Kier molecular flexibility index (Phi) is 4.98. The summed E-state index contributed by atoms with van der Waals surface area (Å²) in [7, 11) is 0. The Balaban J connectivity index is 2.71. The number of hydrogen-bond acceptors (Lipinski definition) is 4. The van der Waals surface area contributed by atoms with Gasteiger partial charge < -0.3 is 20.9 Å². The van der Waals surface area contributed by atoms with Gasteiger partial charge in [-0.15, -0.1) is 0 Å². The van der Waals surface area contributed by atoms with Crippen LogP contribution in [0.3, 0.4) is 0 Å². The standard InChI is InChI=1S/C12H16N2O4/c1-2-5-18-10-4-3-8(6-9(10)13)12(17)14-7-11(15)16/h3-4,6H,2,5,7,13H2,1H3,(H,14,17)(H,15,16). The van der Waals surface area contributed by atoms with Gasteiger partial charge in [-0.1, -0.05) is 6.92 Å². The number of rotatable bonds is 6. The van der Waals surface area contributed by atoms with Crippen LogP contribution >= 0.6 is 0 Å². The summed E-state index contributed by atoms with van der Waals surface area (Å²) in [5.74, 6) is -1.06. The lowest BCUT2D eigenvalue weighted by molar-refractivity contribution is -0.135. The molecule has 0 aliphatic carbocycles. The molecule has 6 heteroatoms. The molecule has 1 aromatic rings. The number of carbonyl (C=O) groups excluding carboxylic acids is 1. The lowest BCUT2D eigenvalue weighted by atomic mass is 10.1. The van der Waals surface area contributed by atoms with Crippen LogP contribution in [0.5, 0.6) is 5.75 Å². The quantitative estimate of drug-likeness (QED) is 0.652. The van der Waals surface area contributed by atoms with Crippen LogP contribution < -0.4 is 15.8 Å². The molecule has 0 bridgehead atoms. The summed E-state index contributed by atoms with van der Waals surface area (Å²) in [4.78, 5) is 21.9. The van der Waals surface area contributed by atoms with Crippen LogP contribution in [-0.4, -0.2) is 30.1 Å². The van der Waals surface area contributed by atoms with Crippen LogP contribution in [0.2, 0.25) is 0 Å². The third-order valence-electron chi connectivity index (χ3n) is 2.13. The van der Waals surface area contributed by atoms with Crippen LogP contribution in [0, 0.1) is 0 Å². The van der Waals surface area contributed by atoms with Crippen LogP contribution in [0.25, 0.3) is 0 Å². The summed E-state index contributed by atoms with van der Waals surface area (Å²) in [6, 6.07) is 4.60. The monoisotopic (exact) mass is 252 g/mol. The Labute approximate surface area is 105 Å². The van der Waals surface area contributed by atoms with Gasteiger partial charge in [0.15, 0.2) is 0 Å². The summed E-state index contributed by atoms with van der Waals surface area (Å²) in [6.45, 7) is 2.10. The Morgan fingerprint density at radius 3 is 2.72 bits per heavy atom. The average Bonchev–Trinajstić information content (AvgIpc) is 2.34. The molecule has 0 aliphatic heterocycles. The van der Waals surface area contributed by atoms with Crippen LogP contribution in [-0.2, 0) is 4.79 Å². The van der Waals surface area contributed by atoms with Crippen molar-refractivity contribution < 1.29 is 19.4 Å². The highest BCUT2D eigenvalue weighted by Crippen LogP contribution is 2.22. The molecule has 0 saturated heterocycles. The van der Waals surface area contributed by atoms with Gasteiger partial charge >= 0.3 is 5.97 Å². The van der Waals surface area contributed by atoms with Crippen LogP contribution in [0.4, 0.5) is 5.69 Å². The third-order valence-corrected chi connectivity index (χ3v) is 2.13. The number of nitrogens with two attached hydrogens (primary N) is 1. The molecule has 0 saturated carbocycles. The van der Waals surface area contributed by atoms with Crippen molar-refractivity contribution in [1.82, 2.24) is 5.32 Å². The van der Waals surface area contributed by atoms with Gasteiger partial charge in [0.05, 0.1) is 12.3 Å². The molecule has 0 unspecified atom stereocenters. The number of amides is 1. The maximum atomic E-state index is 11.6. The number of benzene rings is 1. The largest absolute Gasteiger partial charge is 0.491 e. The first-order valence-corrected chi connectivity index (χ1v) is 5.57. The Morgan fingerprint density at radius 2 is 2.17 bits per heavy atom. The molecule has 0 aliphatic rings. The van der Waals surface area contributed by atoms with Gasteiger partial charge in [0.1, 0.15) is 12.3 Å². The van der Waals surface area contributed by atoms with E-state index in [1.54, 1.807) is 12.1 Å². The SMILES string of the molecule is CCCOc1ccc(C(=O)NCC(=O)O)cc1N. The highest BCUT2D eigenvalue weighted by atomic mass is 16.5. The predicted octanol–water partition coefficient (Wildman–Crippen LogP) is 0.872. The number of anilines is 1. The molecule has 1 aromatic carbocycles. The van der Waals surface area contributed by atoms with E-state index >= 15 is 0 Å². The molecule has 1 amide bonds. The zero-order chi connectivity index (χ0) is 13.5. The lowest BCUT2D eigenvalue weighted by Gasteiger charge is -2.09. The lowest BCUT2D eigenvalue weighted by Crippen LogP contribution is -2.29. The summed E-state index contributed by atoms with van der Waals surface area (Å²) < 4.78 is 5.37. The molecule has 4 N–H and O–H groups in total. The Bertz CT molecular complexity index is 446.